The van der Waals surface area contributed by atoms with Crippen molar-refractivity contribution in [2.24, 2.45) is 17.3 Å². The molecule has 3 heteroatoms. The predicted molar refractivity (Wildman–Crippen MR) is 75.6 cm³/mol. The molecule has 2 N–H and O–H groups in total. The Kier molecular flexibility index (Phi) is 5.05. The zero-order chi connectivity index (χ0) is 13.0. The fourth-order valence-corrected chi connectivity index (χ4v) is 3.82. The maximum Gasteiger partial charge on any atom is 0.0471 e. The lowest BCUT2D eigenvalue weighted by atomic mass is 9.70. The third-order valence-electron chi connectivity index (χ3n) is 5.07. The third-order valence-corrected chi connectivity index (χ3v) is 5.07. The molecule has 2 rings (SSSR count). The molecule has 0 radical (unpaired) electrons. The van der Waals surface area contributed by atoms with Crippen molar-refractivity contribution >= 4 is 0 Å². The minimum absolute atomic E-state index is 0.368. The molecule has 106 valence electrons. The highest BCUT2D eigenvalue weighted by Crippen LogP contribution is 2.39. The molecule has 1 unspecified atom stereocenters. The minimum Gasteiger partial charge on any atom is -0.396 e. The van der Waals surface area contributed by atoms with Crippen LogP contribution in [0.3, 0.4) is 0 Å². The van der Waals surface area contributed by atoms with E-state index in [1.807, 2.05) is 0 Å². The summed E-state index contributed by atoms with van der Waals surface area (Å²) in [5, 5.41) is 12.7. The Morgan fingerprint density at radius 3 is 2.56 bits per heavy atom. The van der Waals surface area contributed by atoms with Gasteiger partial charge in [-0.3, -0.25) is 0 Å². The van der Waals surface area contributed by atoms with Crippen molar-refractivity contribution in [3.05, 3.63) is 0 Å². The zero-order valence-electron chi connectivity index (χ0n) is 12.1. The Labute approximate surface area is 112 Å². The van der Waals surface area contributed by atoms with E-state index in [4.69, 9.17) is 0 Å². The predicted octanol–water partition coefficient (Wildman–Crippen LogP) is 1.72. The summed E-state index contributed by atoms with van der Waals surface area (Å²) < 4.78 is 0. The Morgan fingerprint density at radius 2 is 2.00 bits per heavy atom. The second-order valence-corrected chi connectivity index (χ2v) is 6.79. The van der Waals surface area contributed by atoms with Gasteiger partial charge in [-0.2, -0.15) is 0 Å². The van der Waals surface area contributed by atoms with E-state index in [9.17, 15) is 5.11 Å². The Hall–Kier alpha value is -0.120. The molecule has 0 spiro atoms. The Balaban J connectivity index is 1.90. The van der Waals surface area contributed by atoms with Gasteiger partial charge in [-0.25, -0.2) is 0 Å². The standard InChI is InChI=1S/C15H30N2O/c1-13-3-6-15(7-4-13,11-16-2)12-17-8-5-14(9-17)10-18/h13-14,16,18H,3-12H2,1-2H3. The van der Waals surface area contributed by atoms with Gasteiger partial charge in [-0.05, 0) is 50.1 Å². The SMILES string of the molecule is CNCC1(CN2CCC(CO)C2)CCC(C)CC1. The third kappa shape index (κ3) is 3.46. The molecular weight excluding hydrogens is 224 g/mol. The maximum absolute atomic E-state index is 9.25. The van der Waals surface area contributed by atoms with Crippen LogP contribution in [0.1, 0.15) is 39.0 Å². The summed E-state index contributed by atoms with van der Waals surface area (Å²) in [5.74, 6) is 1.44. The molecular formula is C15H30N2O. The van der Waals surface area contributed by atoms with Gasteiger partial charge >= 0.3 is 0 Å². The summed E-state index contributed by atoms with van der Waals surface area (Å²) in [6.45, 7) is 7.44. The van der Waals surface area contributed by atoms with Gasteiger partial charge in [-0.15, -0.1) is 0 Å². The van der Waals surface area contributed by atoms with Crippen LogP contribution in [0.15, 0.2) is 0 Å². The Morgan fingerprint density at radius 1 is 1.28 bits per heavy atom. The fourth-order valence-electron chi connectivity index (χ4n) is 3.82. The largest absolute Gasteiger partial charge is 0.396 e. The highest BCUT2D eigenvalue weighted by atomic mass is 16.3. The topological polar surface area (TPSA) is 35.5 Å². The Bertz CT molecular complexity index is 249. The molecule has 1 saturated heterocycles. The quantitative estimate of drug-likeness (QED) is 0.784. The lowest BCUT2D eigenvalue weighted by Gasteiger charge is -2.42. The summed E-state index contributed by atoms with van der Waals surface area (Å²) in [7, 11) is 2.08. The fraction of sp³-hybridized carbons (Fsp3) is 1.00. The molecule has 0 amide bonds. The molecule has 2 fully saturated rings. The van der Waals surface area contributed by atoms with Crippen LogP contribution in [0.4, 0.5) is 0 Å². The summed E-state index contributed by atoms with van der Waals surface area (Å²) in [5.41, 5.74) is 0.492. The van der Waals surface area contributed by atoms with Gasteiger partial charge in [0, 0.05) is 26.2 Å². The van der Waals surface area contributed by atoms with E-state index in [0.717, 1.165) is 19.0 Å². The first-order chi connectivity index (χ1) is 8.67. The maximum atomic E-state index is 9.25. The highest BCUT2D eigenvalue weighted by Gasteiger charge is 2.36. The van der Waals surface area contributed by atoms with Crippen molar-refractivity contribution in [1.29, 1.82) is 0 Å². The molecule has 1 saturated carbocycles. The molecule has 1 aliphatic carbocycles. The number of nitrogens with zero attached hydrogens (tertiary/aromatic N) is 1. The normalized spacial score (nSPS) is 38.2. The molecule has 0 aromatic heterocycles. The average molecular weight is 254 g/mol. The van der Waals surface area contributed by atoms with Gasteiger partial charge in [0.15, 0.2) is 0 Å². The van der Waals surface area contributed by atoms with E-state index in [0.29, 0.717) is 17.9 Å². The number of rotatable bonds is 5. The minimum atomic E-state index is 0.368. The van der Waals surface area contributed by atoms with Crippen molar-refractivity contribution in [3.8, 4) is 0 Å². The lowest BCUT2D eigenvalue weighted by molar-refractivity contribution is 0.0961. The van der Waals surface area contributed by atoms with Gasteiger partial charge in [0.1, 0.15) is 0 Å². The summed E-state index contributed by atoms with van der Waals surface area (Å²) in [4.78, 5) is 2.59. The molecule has 1 aliphatic heterocycles. The van der Waals surface area contributed by atoms with Crippen LogP contribution in [0, 0.1) is 17.3 Å². The second-order valence-electron chi connectivity index (χ2n) is 6.79. The van der Waals surface area contributed by atoms with Gasteiger partial charge in [-0.1, -0.05) is 19.8 Å². The monoisotopic (exact) mass is 254 g/mol. The van der Waals surface area contributed by atoms with Gasteiger partial charge < -0.3 is 15.3 Å². The van der Waals surface area contributed by atoms with Crippen LogP contribution >= 0.6 is 0 Å². The van der Waals surface area contributed by atoms with Crippen molar-refractivity contribution < 1.29 is 5.11 Å². The van der Waals surface area contributed by atoms with E-state index in [-0.39, 0.29) is 0 Å². The van der Waals surface area contributed by atoms with E-state index in [1.165, 1.54) is 45.2 Å². The van der Waals surface area contributed by atoms with Crippen LogP contribution in [0.2, 0.25) is 0 Å². The summed E-state index contributed by atoms with van der Waals surface area (Å²) in [6.07, 6.45) is 6.70. The van der Waals surface area contributed by atoms with Gasteiger partial charge in [0.2, 0.25) is 0 Å². The van der Waals surface area contributed by atoms with E-state index >= 15 is 0 Å². The smallest absolute Gasteiger partial charge is 0.0471 e. The van der Waals surface area contributed by atoms with Crippen LogP contribution in [-0.2, 0) is 0 Å². The molecule has 1 heterocycles. The molecule has 3 nitrogen and oxygen atoms in total. The number of hydrogen-bond acceptors (Lipinski definition) is 3. The van der Waals surface area contributed by atoms with Crippen molar-refractivity contribution in [1.82, 2.24) is 10.2 Å². The van der Waals surface area contributed by atoms with Crippen LogP contribution < -0.4 is 5.32 Å². The molecule has 1 atom stereocenters. The average Bonchev–Trinajstić information content (AvgIpc) is 2.81. The van der Waals surface area contributed by atoms with Gasteiger partial charge in [0.25, 0.3) is 0 Å². The number of nitrogens with one attached hydrogen (secondary N) is 1. The van der Waals surface area contributed by atoms with E-state index in [1.54, 1.807) is 0 Å². The first-order valence-corrected chi connectivity index (χ1v) is 7.65. The summed E-state index contributed by atoms with van der Waals surface area (Å²) in [6, 6.07) is 0. The molecule has 0 aromatic rings. The number of aliphatic hydroxyl groups is 1. The van der Waals surface area contributed by atoms with Crippen molar-refractivity contribution in [2.45, 2.75) is 39.0 Å². The number of likely N-dealkylation sites (tertiary alicyclic amines) is 1. The van der Waals surface area contributed by atoms with Gasteiger partial charge in [0.05, 0.1) is 0 Å². The zero-order valence-corrected chi connectivity index (χ0v) is 12.1. The van der Waals surface area contributed by atoms with Crippen molar-refractivity contribution in [3.63, 3.8) is 0 Å². The first kappa shape index (κ1) is 14.3. The van der Waals surface area contributed by atoms with Crippen molar-refractivity contribution in [2.75, 3.05) is 39.8 Å². The number of aliphatic hydroxyl groups excluding tert-OH is 1. The van der Waals surface area contributed by atoms with Crippen LogP contribution in [0.25, 0.3) is 0 Å². The second kappa shape index (κ2) is 6.36. The molecule has 0 aromatic carbocycles. The summed E-state index contributed by atoms with van der Waals surface area (Å²) >= 11 is 0. The molecule has 18 heavy (non-hydrogen) atoms. The lowest BCUT2D eigenvalue weighted by Crippen LogP contribution is -2.45. The van der Waals surface area contributed by atoms with Crippen LogP contribution in [0.5, 0.6) is 0 Å². The molecule has 2 aliphatic rings. The number of hydrogen-bond donors (Lipinski definition) is 2. The van der Waals surface area contributed by atoms with Crippen LogP contribution in [-0.4, -0.2) is 49.8 Å². The highest BCUT2D eigenvalue weighted by molar-refractivity contribution is 4.90. The van der Waals surface area contributed by atoms with E-state index in [2.05, 4.69) is 24.2 Å². The molecule has 0 bridgehead atoms. The first-order valence-electron chi connectivity index (χ1n) is 7.65. The van der Waals surface area contributed by atoms with E-state index < -0.39 is 0 Å².